The molecule has 0 bridgehead atoms. The number of nitrogens with zero attached hydrogens (tertiary/aromatic N) is 3. The Hall–Kier alpha value is -2.45. The van der Waals surface area contributed by atoms with Gasteiger partial charge in [-0.05, 0) is 37.2 Å². The highest BCUT2D eigenvalue weighted by Crippen LogP contribution is 2.13. The molecule has 2 saturated heterocycles. The number of carbonyl (C=O) groups excluding carboxylic acids is 2. The van der Waals surface area contributed by atoms with E-state index in [0.717, 1.165) is 26.1 Å². The Bertz CT molecular complexity index is 712. The van der Waals surface area contributed by atoms with Crippen LogP contribution in [0.4, 0.5) is 9.18 Å². The van der Waals surface area contributed by atoms with E-state index in [4.69, 9.17) is 4.74 Å². The van der Waals surface area contributed by atoms with E-state index in [1.54, 1.807) is 11.0 Å². The van der Waals surface area contributed by atoms with Gasteiger partial charge in [0.1, 0.15) is 5.82 Å². The first-order valence-electron chi connectivity index (χ1n) is 10.1. The molecule has 8 heteroatoms. The first kappa shape index (κ1) is 21.3. The predicted octanol–water partition coefficient (Wildman–Crippen LogP) is 1.57. The Morgan fingerprint density at radius 3 is 2.69 bits per heavy atom. The van der Waals surface area contributed by atoms with Crippen molar-refractivity contribution < 1.29 is 18.7 Å². The number of nitrogens with one attached hydrogen (secondary N) is 1. The molecule has 7 nitrogen and oxygen atoms in total. The van der Waals surface area contributed by atoms with Crippen molar-refractivity contribution in [3.05, 3.63) is 48.3 Å². The third-order valence-corrected chi connectivity index (χ3v) is 5.25. The molecule has 0 radical (unpaired) electrons. The summed E-state index contributed by atoms with van der Waals surface area (Å²) in [7, 11) is 0. The quantitative estimate of drug-likeness (QED) is 0.757. The van der Waals surface area contributed by atoms with E-state index in [1.165, 1.54) is 24.3 Å². The molecule has 1 aromatic rings. The SMILES string of the molecule is C=CCNC(=O)N1CCO[C@@H](CN2CCCN(C(=O)c3ccc(F)cc3)CC2)C1. The van der Waals surface area contributed by atoms with Gasteiger partial charge in [-0.15, -0.1) is 6.58 Å². The van der Waals surface area contributed by atoms with Crippen molar-refractivity contribution >= 4 is 11.9 Å². The summed E-state index contributed by atoms with van der Waals surface area (Å²) >= 11 is 0. The van der Waals surface area contributed by atoms with Gasteiger partial charge in [0.15, 0.2) is 0 Å². The summed E-state index contributed by atoms with van der Waals surface area (Å²) in [6, 6.07) is 5.60. The lowest BCUT2D eigenvalue weighted by molar-refractivity contribution is -0.0298. The Morgan fingerprint density at radius 1 is 1.14 bits per heavy atom. The van der Waals surface area contributed by atoms with Gasteiger partial charge in [0, 0.05) is 51.4 Å². The first-order valence-corrected chi connectivity index (χ1v) is 10.1. The molecule has 2 heterocycles. The summed E-state index contributed by atoms with van der Waals surface area (Å²) in [6.07, 6.45) is 2.48. The number of benzene rings is 1. The highest BCUT2D eigenvalue weighted by Gasteiger charge is 2.27. The Morgan fingerprint density at radius 2 is 1.93 bits per heavy atom. The molecule has 29 heavy (non-hydrogen) atoms. The van der Waals surface area contributed by atoms with Crippen molar-refractivity contribution in [2.75, 3.05) is 59.0 Å². The van der Waals surface area contributed by atoms with Gasteiger partial charge >= 0.3 is 6.03 Å². The molecule has 1 N–H and O–H groups in total. The summed E-state index contributed by atoms with van der Waals surface area (Å²) in [5, 5.41) is 2.81. The molecule has 3 amide bonds. The molecule has 2 aliphatic rings. The number of ether oxygens (including phenoxy) is 1. The minimum Gasteiger partial charge on any atom is -0.373 e. The number of urea groups is 1. The highest BCUT2D eigenvalue weighted by molar-refractivity contribution is 5.94. The van der Waals surface area contributed by atoms with Crippen LogP contribution in [0.2, 0.25) is 0 Å². The smallest absolute Gasteiger partial charge is 0.317 e. The maximum atomic E-state index is 13.1. The van der Waals surface area contributed by atoms with Crippen molar-refractivity contribution in [1.82, 2.24) is 20.0 Å². The second-order valence-electron chi connectivity index (χ2n) is 7.37. The van der Waals surface area contributed by atoms with E-state index in [1.807, 2.05) is 4.90 Å². The molecule has 0 saturated carbocycles. The van der Waals surface area contributed by atoms with E-state index < -0.39 is 0 Å². The minimum atomic E-state index is -0.344. The third kappa shape index (κ3) is 6.01. The molecule has 0 unspecified atom stereocenters. The average Bonchev–Trinajstić information content (AvgIpc) is 2.98. The van der Waals surface area contributed by atoms with Crippen LogP contribution in [0.5, 0.6) is 0 Å². The number of rotatable bonds is 5. The standard InChI is InChI=1S/C21H29FN4O3/c1-2-8-23-21(28)26-13-14-29-19(16-26)15-24-9-3-10-25(12-11-24)20(27)17-4-6-18(22)7-5-17/h2,4-7,19H,1,3,8-16H2,(H,23,28)/t19-/m0/s1. The number of halogens is 1. The van der Waals surface area contributed by atoms with Crippen LogP contribution in [-0.4, -0.2) is 91.7 Å². The maximum Gasteiger partial charge on any atom is 0.317 e. The van der Waals surface area contributed by atoms with E-state index in [-0.39, 0.29) is 23.9 Å². The van der Waals surface area contributed by atoms with Crippen LogP contribution in [0.25, 0.3) is 0 Å². The third-order valence-electron chi connectivity index (χ3n) is 5.25. The zero-order chi connectivity index (χ0) is 20.6. The van der Waals surface area contributed by atoms with E-state index in [0.29, 0.717) is 44.9 Å². The lowest BCUT2D eigenvalue weighted by Gasteiger charge is -2.35. The normalized spacial score (nSPS) is 20.8. The van der Waals surface area contributed by atoms with Crippen LogP contribution in [0.3, 0.4) is 0 Å². The van der Waals surface area contributed by atoms with Gasteiger partial charge in [0.25, 0.3) is 5.91 Å². The molecule has 1 aromatic carbocycles. The van der Waals surface area contributed by atoms with Gasteiger partial charge in [-0.1, -0.05) is 6.08 Å². The highest BCUT2D eigenvalue weighted by atomic mass is 19.1. The topological polar surface area (TPSA) is 65.1 Å². The minimum absolute atomic E-state index is 0.0439. The number of morpholine rings is 1. The van der Waals surface area contributed by atoms with Gasteiger partial charge in [-0.3, -0.25) is 9.69 Å². The Labute approximate surface area is 171 Å². The molecule has 1 atom stereocenters. The zero-order valence-electron chi connectivity index (χ0n) is 16.7. The van der Waals surface area contributed by atoms with Crippen LogP contribution in [0.1, 0.15) is 16.8 Å². The summed E-state index contributed by atoms with van der Waals surface area (Å²) in [5.41, 5.74) is 0.511. The molecular formula is C21H29FN4O3. The summed E-state index contributed by atoms with van der Waals surface area (Å²) < 4.78 is 19.0. The van der Waals surface area contributed by atoms with Gasteiger partial charge in [0.05, 0.1) is 12.7 Å². The van der Waals surface area contributed by atoms with Crippen molar-refractivity contribution in [3.63, 3.8) is 0 Å². The van der Waals surface area contributed by atoms with Gasteiger partial charge in [0.2, 0.25) is 0 Å². The van der Waals surface area contributed by atoms with Crippen LogP contribution in [0, 0.1) is 5.82 Å². The first-order chi connectivity index (χ1) is 14.1. The van der Waals surface area contributed by atoms with Crippen LogP contribution < -0.4 is 5.32 Å². The molecule has 0 aliphatic carbocycles. The lowest BCUT2D eigenvalue weighted by atomic mass is 10.2. The molecule has 0 spiro atoms. The number of carbonyl (C=O) groups is 2. The fourth-order valence-electron chi connectivity index (χ4n) is 3.71. The van der Waals surface area contributed by atoms with Crippen molar-refractivity contribution in [3.8, 4) is 0 Å². The molecule has 2 aliphatic heterocycles. The second-order valence-corrected chi connectivity index (χ2v) is 7.37. The van der Waals surface area contributed by atoms with Crippen LogP contribution in [-0.2, 0) is 4.74 Å². The average molecular weight is 404 g/mol. The van der Waals surface area contributed by atoms with Crippen molar-refractivity contribution in [1.29, 1.82) is 0 Å². The second kappa shape index (κ2) is 10.4. The van der Waals surface area contributed by atoms with E-state index in [9.17, 15) is 14.0 Å². The lowest BCUT2D eigenvalue weighted by Crippen LogP contribution is -2.52. The van der Waals surface area contributed by atoms with E-state index in [2.05, 4.69) is 16.8 Å². The maximum absolute atomic E-state index is 13.1. The Balaban J connectivity index is 1.49. The summed E-state index contributed by atoms with van der Waals surface area (Å²) in [6.45, 7) is 9.35. The molecule has 158 valence electrons. The zero-order valence-corrected chi connectivity index (χ0v) is 16.7. The Kier molecular flexibility index (Phi) is 7.60. The van der Waals surface area contributed by atoms with Gasteiger partial charge in [-0.25, -0.2) is 9.18 Å². The molecule has 0 aromatic heterocycles. The van der Waals surface area contributed by atoms with Crippen LogP contribution in [0.15, 0.2) is 36.9 Å². The molecular weight excluding hydrogens is 375 g/mol. The van der Waals surface area contributed by atoms with Gasteiger partial charge < -0.3 is 19.9 Å². The number of hydrogen-bond acceptors (Lipinski definition) is 4. The fraction of sp³-hybridized carbons (Fsp3) is 0.524. The predicted molar refractivity (Wildman–Crippen MR) is 108 cm³/mol. The fourth-order valence-corrected chi connectivity index (χ4v) is 3.71. The van der Waals surface area contributed by atoms with Crippen LogP contribution >= 0.6 is 0 Å². The monoisotopic (exact) mass is 404 g/mol. The van der Waals surface area contributed by atoms with E-state index >= 15 is 0 Å². The number of hydrogen-bond donors (Lipinski definition) is 1. The van der Waals surface area contributed by atoms with Crippen molar-refractivity contribution in [2.24, 2.45) is 0 Å². The molecule has 3 rings (SSSR count). The van der Waals surface area contributed by atoms with Crippen molar-refractivity contribution in [2.45, 2.75) is 12.5 Å². The summed E-state index contributed by atoms with van der Waals surface area (Å²) in [4.78, 5) is 30.7. The van der Waals surface area contributed by atoms with Gasteiger partial charge in [-0.2, -0.15) is 0 Å². The summed E-state index contributed by atoms with van der Waals surface area (Å²) in [5.74, 6) is -0.408. The largest absolute Gasteiger partial charge is 0.373 e. The number of amides is 3. The molecule has 2 fully saturated rings.